The summed E-state index contributed by atoms with van der Waals surface area (Å²) in [7, 11) is 0. The third kappa shape index (κ3) is 14.1. The van der Waals surface area contributed by atoms with E-state index < -0.39 is 29.4 Å². The van der Waals surface area contributed by atoms with E-state index in [-0.39, 0.29) is 70.5 Å². The van der Waals surface area contributed by atoms with Gasteiger partial charge >= 0.3 is 6.09 Å². The molecule has 1 aromatic heterocycles. The minimum absolute atomic E-state index is 0.0428. The summed E-state index contributed by atoms with van der Waals surface area (Å²) < 4.78 is 39.2. The molecule has 2 aliphatic heterocycles. The molecule has 7 rings (SSSR count). The molecule has 72 heavy (non-hydrogen) atoms. The highest BCUT2D eigenvalue weighted by atomic mass is 16.7. The minimum Gasteiger partial charge on any atom is -0.487 e. The predicted octanol–water partition coefficient (Wildman–Crippen LogP) is 12.7. The van der Waals surface area contributed by atoms with Crippen LogP contribution in [0, 0.1) is 24.7 Å². The highest BCUT2D eigenvalue weighted by molar-refractivity contribution is 6.03. The average molecular weight is 994 g/mol. The van der Waals surface area contributed by atoms with Gasteiger partial charge in [-0.15, -0.1) is 6.58 Å². The first-order valence-electron chi connectivity index (χ1n) is 27.1. The van der Waals surface area contributed by atoms with E-state index in [2.05, 4.69) is 25.6 Å². The fourth-order valence-corrected chi connectivity index (χ4v) is 11.1. The van der Waals surface area contributed by atoms with Gasteiger partial charge in [-0.05, 0) is 125 Å². The Morgan fingerprint density at radius 3 is 2.33 bits per heavy atom. The molecule has 2 aliphatic carbocycles. The van der Waals surface area contributed by atoms with Gasteiger partial charge in [0.2, 0.25) is 12.6 Å². The van der Waals surface area contributed by atoms with Gasteiger partial charge in [-0.1, -0.05) is 107 Å². The first-order chi connectivity index (χ1) is 35.0. The molecule has 1 amide bonds. The zero-order chi connectivity index (χ0) is 50.9. The summed E-state index contributed by atoms with van der Waals surface area (Å²) in [5, 5.41) is 25.2. The second-order valence-corrected chi connectivity index (χ2v) is 21.1. The number of ether oxygens (including phenoxy) is 6. The summed E-state index contributed by atoms with van der Waals surface area (Å²) in [6.45, 7) is 15.4. The van der Waals surface area contributed by atoms with Crippen molar-refractivity contribution >= 4 is 11.8 Å². The number of fused-ring (bicyclic) bond motifs is 3. The number of hydrogen-bond acceptors (Lipinski definition) is 12. The average Bonchev–Trinajstić information content (AvgIpc) is 3.84. The molecule has 4 aliphatic rings. The summed E-state index contributed by atoms with van der Waals surface area (Å²) in [5.74, 6) is 0.506. The van der Waals surface area contributed by atoms with Crippen LogP contribution in [0.1, 0.15) is 165 Å². The molecule has 0 saturated heterocycles. The van der Waals surface area contributed by atoms with Crippen molar-refractivity contribution < 1.29 is 48.3 Å². The molecule has 0 unspecified atom stereocenters. The molecule has 0 bridgehead atoms. The van der Waals surface area contributed by atoms with E-state index in [0.717, 1.165) is 73.0 Å². The Hall–Kier alpha value is -5.11. The fourth-order valence-electron chi connectivity index (χ4n) is 11.1. The van der Waals surface area contributed by atoms with Gasteiger partial charge < -0.3 is 43.5 Å². The Bertz CT molecular complexity index is 2270. The van der Waals surface area contributed by atoms with Gasteiger partial charge in [-0.3, -0.25) is 9.88 Å². The van der Waals surface area contributed by atoms with E-state index in [1.807, 2.05) is 76.2 Å². The van der Waals surface area contributed by atoms with Crippen molar-refractivity contribution in [1.82, 2.24) is 9.88 Å². The van der Waals surface area contributed by atoms with Crippen LogP contribution in [0.5, 0.6) is 23.0 Å². The number of aliphatic hydroxyl groups excluding tert-OH is 2. The molecule has 1 fully saturated rings. The van der Waals surface area contributed by atoms with Crippen LogP contribution in [-0.2, 0) is 27.5 Å². The van der Waals surface area contributed by atoms with Crippen molar-refractivity contribution in [2.24, 2.45) is 22.9 Å². The van der Waals surface area contributed by atoms with E-state index >= 15 is 4.79 Å². The molecule has 2 N–H and O–H groups in total. The van der Waals surface area contributed by atoms with Crippen molar-refractivity contribution in [2.75, 3.05) is 33.2 Å². The minimum atomic E-state index is -1.47. The standard InChI is InChI=1S/C59H83N3O10/c1-7-9-10-11-12-13-14-15-16-21-34-66-57(65)62(39-43-27-29-52-53(35-43)69-41-68-52)54-38-50(61-72-58(4,5)6)48-36-44(24-17-19-31-63)47(26-18-20-32-64)55-49-37-46(67-40-45-25-22-23-42(3)60-45)28-30-51(49)71-59(54,56(48)55)70-33-8-2/h8,22-23,25,27-30,35-37,44,47,54-56,63-64H,2,7,9-21,24,26,31-34,38-41H2,1,3-6H3/t44-,47+,54-,55+,56+,59+/m0/s1. The number of carbonyl (C=O) groups excluding carboxylic acids is 1. The lowest BCUT2D eigenvalue weighted by Gasteiger charge is -2.60. The van der Waals surface area contributed by atoms with Gasteiger partial charge in [-0.2, -0.15) is 0 Å². The van der Waals surface area contributed by atoms with Crippen molar-refractivity contribution in [2.45, 2.75) is 180 Å². The lowest BCUT2D eigenvalue weighted by atomic mass is 9.55. The number of rotatable bonds is 29. The third-order valence-corrected chi connectivity index (χ3v) is 14.5. The number of oxime groups is 1. The summed E-state index contributed by atoms with van der Waals surface area (Å²) >= 11 is 0. The van der Waals surface area contributed by atoms with E-state index in [9.17, 15) is 10.2 Å². The first-order valence-corrected chi connectivity index (χ1v) is 27.1. The number of aliphatic hydroxyl groups is 2. The topological polar surface area (TPSA) is 151 Å². The number of pyridine rings is 1. The third-order valence-electron chi connectivity index (χ3n) is 14.5. The monoisotopic (exact) mass is 994 g/mol. The number of allylic oxidation sites excluding steroid dienone is 1. The van der Waals surface area contributed by atoms with Crippen LogP contribution in [0.4, 0.5) is 4.79 Å². The Kier molecular flexibility index (Phi) is 20.3. The van der Waals surface area contributed by atoms with Gasteiger partial charge in [0.15, 0.2) is 11.5 Å². The summed E-state index contributed by atoms with van der Waals surface area (Å²) in [4.78, 5) is 28.0. The first kappa shape index (κ1) is 54.7. The van der Waals surface area contributed by atoms with E-state index in [1.165, 1.54) is 44.9 Å². The molecule has 1 saturated carbocycles. The molecule has 394 valence electrons. The zero-order valence-electron chi connectivity index (χ0n) is 43.9. The Morgan fingerprint density at radius 2 is 1.61 bits per heavy atom. The number of unbranched alkanes of at least 4 members (excludes halogenated alkanes) is 11. The SMILES string of the molecule is C=CCO[C@@]12Oc3ccc(OCc4cccc(C)n4)cc3[C@H]3[C@H](CCCCO)[C@@H](CCCCO)C=C(C(=NOC(C)(C)C)C[C@@H]1N(Cc1ccc4c(c1)OCO4)C(=O)OCCCCCCCCCCCC)[C@H]32. The van der Waals surface area contributed by atoms with Gasteiger partial charge in [0.05, 0.1) is 30.5 Å². The number of amides is 1. The molecule has 6 atom stereocenters. The zero-order valence-corrected chi connectivity index (χ0v) is 43.9. The van der Waals surface area contributed by atoms with Gasteiger partial charge in [0.25, 0.3) is 0 Å². The van der Waals surface area contributed by atoms with Crippen molar-refractivity contribution in [1.29, 1.82) is 0 Å². The molecule has 3 aromatic rings. The largest absolute Gasteiger partial charge is 0.487 e. The van der Waals surface area contributed by atoms with E-state index in [0.29, 0.717) is 41.6 Å². The lowest BCUT2D eigenvalue weighted by Crippen LogP contribution is -2.70. The van der Waals surface area contributed by atoms with Crippen LogP contribution in [0.2, 0.25) is 0 Å². The number of benzene rings is 2. The molecule has 13 heteroatoms. The highest BCUT2D eigenvalue weighted by Crippen LogP contribution is 2.62. The predicted molar refractivity (Wildman–Crippen MR) is 280 cm³/mol. The molecule has 0 spiro atoms. The van der Waals surface area contributed by atoms with Crippen LogP contribution in [0.3, 0.4) is 0 Å². The highest BCUT2D eigenvalue weighted by Gasteiger charge is 2.66. The van der Waals surface area contributed by atoms with Crippen molar-refractivity contribution in [3.8, 4) is 23.0 Å². The molecular weight excluding hydrogens is 911 g/mol. The Morgan fingerprint density at radius 1 is 0.889 bits per heavy atom. The van der Waals surface area contributed by atoms with Gasteiger partial charge in [-0.25, -0.2) is 4.79 Å². The molecule has 3 heterocycles. The lowest BCUT2D eigenvalue weighted by molar-refractivity contribution is -0.256. The second kappa shape index (κ2) is 26.7. The van der Waals surface area contributed by atoms with Crippen LogP contribution < -0.4 is 18.9 Å². The van der Waals surface area contributed by atoms with Crippen LogP contribution in [-0.4, -0.2) is 82.6 Å². The van der Waals surface area contributed by atoms with Crippen molar-refractivity contribution in [3.63, 3.8) is 0 Å². The van der Waals surface area contributed by atoms with Crippen LogP contribution >= 0.6 is 0 Å². The van der Waals surface area contributed by atoms with Crippen LogP contribution in [0.25, 0.3) is 0 Å². The van der Waals surface area contributed by atoms with Crippen LogP contribution in [0.15, 0.2) is 84.1 Å². The molecular formula is C59H83N3O10. The quantitative estimate of drug-likeness (QED) is 0.0388. The number of hydrogen-bond donors (Lipinski definition) is 2. The maximum Gasteiger partial charge on any atom is 0.410 e. The summed E-state index contributed by atoms with van der Waals surface area (Å²) in [5.41, 5.74) is 4.60. The normalized spacial score (nSPS) is 22.3. The van der Waals surface area contributed by atoms with Crippen molar-refractivity contribution in [3.05, 3.63) is 101 Å². The molecule has 0 radical (unpaired) electrons. The number of aryl methyl sites for hydroxylation is 1. The van der Waals surface area contributed by atoms with Gasteiger partial charge in [0.1, 0.15) is 29.7 Å². The fraction of sp³-hybridized carbons (Fsp3) is 0.610. The number of nitrogens with zero attached hydrogens (tertiary/aromatic N) is 3. The number of carbonyl (C=O) groups is 1. The second-order valence-electron chi connectivity index (χ2n) is 21.1. The smallest absolute Gasteiger partial charge is 0.410 e. The van der Waals surface area contributed by atoms with Gasteiger partial charge in [0, 0.05) is 43.4 Å². The molecule has 2 aromatic carbocycles. The van der Waals surface area contributed by atoms with E-state index in [1.54, 1.807) is 11.0 Å². The Balaban J connectivity index is 1.33. The summed E-state index contributed by atoms with van der Waals surface area (Å²) in [6, 6.07) is 16.9. The molecule has 13 nitrogen and oxygen atoms in total. The van der Waals surface area contributed by atoms with E-state index in [4.69, 9.17) is 43.4 Å². The number of aromatic nitrogens is 1. The summed E-state index contributed by atoms with van der Waals surface area (Å²) in [6.07, 6.45) is 20.1. The maximum atomic E-state index is 15.2. The Labute approximate surface area is 429 Å². The maximum absolute atomic E-state index is 15.2.